The molecule has 0 saturated heterocycles. The molecule has 1 unspecified atom stereocenters. The molecular weight excluding hydrogens is 504 g/mol. The van der Waals surface area contributed by atoms with Gasteiger partial charge in [0.05, 0.1) is 14.2 Å². The summed E-state index contributed by atoms with van der Waals surface area (Å²) in [6, 6.07) is 8.17. The predicted molar refractivity (Wildman–Crippen MR) is 124 cm³/mol. The van der Waals surface area contributed by atoms with E-state index in [1.807, 2.05) is 26.0 Å². The maximum absolute atomic E-state index is 12.8. The summed E-state index contributed by atoms with van der Waals surface area (Å²) in [5, 5.41) is 3.44. The van der Waals surface area contributed by atoms with Crippen molar-refractivity contribution < 1.29 is 9.59 Å². The molecule has 7 heteroatoms. The zero-order valence-corrected chi connectivity index (χ0v) is 20.6. The van der Waals surface area contributed by atoms with Crippen LogP contribution in [0.5, 0.6) is 0 Å². The highest BCUT2D eigenvalue weighted by molar-refractivity contribution is 9.25. The molecule has 0 spiro atoms. The number of rotatable bonds is 4. The van der Waals surface area contributed by atoms with Gasteiger partial charge in [-0.25, -0.2) is 0 Å². The number of carbonyl (C=O) groups excluding carboxylic acids is 2. The molecule has 1 aliphatic carbocycles. The van der Waals surface area contributed by atoms with E-state index in [-0.39, 0.29) is 11.3 Å². The van der Waals surface area contributed by atoms with Crippen LogP contribution in [0, 0.1) is 12.3 Å². The largest absolute Gasteiger partial charge is 0.365 e. The molecule has 0 aliphatic heterocycles. The normalized spacial score (nSPS) is 20.7. The molecule has 0 radical (unpaired) electrons. The van der Waals surface area contributed by atoms with Gasteiger partial charge in [-0.05, 0) is 36.8 Å². The molecule has 28 heavy (non-hydrogen) atoms. The van der Waals surface area contributed by atoms with Crippen molar-refractivity contribution >= 4 is 60.0 Å². The van der Waals surface area contributed by atoms with Crippen LogP contribution >= 0.6 is 43.2 Å². The monoisotopic (exact) mass is 526 g/mol. The highest BCUT2D eigenvalue weighted by Crippen LogP contribution is 2.66. The van der Waals surface area contributed by atoms with E-state index < -0.39 is 14.6 Å². The van der Waals surface area contributed by atoms with E-state index in [4.69, 9.17) is 5.73 Å². The number of benzene rings is 1. The Morgan fingerprint density at radius 1 is 1.18 bits per heavy atom. The number of thiophene rings is 1. The van der Waals surface area contributed by atoms with Crippen LogP contribution in [0.4, 0.5) is 5.00 Å². The molecule has 2 amide bonds. The lowest BCUT2D eigenvalue weighted by atomic mass is 9.86. The molecule has 1 heterocycles. The average molecular weight is 528 g/mol. The maximum Gasteiger partial charge on any atom is 0.252 e. The summed E-state index contributed by atoms with van der Waals surface area (Å²) < 4.78 is -0.401. The van der Waals surface area contributed by atoms with Gasteiger partial charge < -0.3 is 11.1 Å². The number of amides is 2. The van der Waals surface area contributed by atoms with Gasteiger partial charge in [-0.2, -0.15) is 0 Å². The molecule has 1 saturated carbocycles. The summed E-state index contributed by atoms with van der Waals surface area (Å²) in [6.45, 7) is 10.3. The van der Waals surface area contributed by atoms with Crippen molar-refractivity contribution in [1.29, 1.82) is 0 Å². The number of primary amides is 1. The van der Waals surface area contributed by atoms with Crippen LogP contribution in [0.1, 0.15) is 54.9 Å². The minimum Gasteiger partial charge on any atom is -0.365 e. The summed E-state index contributed by atoms with van der Waals surface area (Å²) in [5.74, 6) is -0.681. The van der Waals surface area contributed by atoms with Crippen LogP contribution < -0.4 is 11.1 Å². The molecule has 1 aromatic heterocycles. The first-order valence-corrected chi connectivity index (χ1v) is 11.4. The van der Waals surface area contributed by atoms with Crippen LogP contribution in [-0.4, -0.2) is 15.0 Å². The number of nitrogens with two attached hydrogens (primary N) is 1. The van der Waals surface area contributed by atoms with Crippen molar-refractivity contribution in [1.82, 2.24) is 0 Å². The number of hydrogen-bond acceptors (Lipinski definition) is 3. The first-order chi connectivity index (χ1) is 12.8. The van der Waals surface area contributed by atoms with Crippen molar-refractivity contribution in [2.24, 2.45) is 11.1 Å². The van der Waals surface area contributed by atoms with Gasteiger partial charge in [-0.3, -0.25) is 9.59 Å². The number of aryl methyl sites for hydroxylation is 1. The second-order valence-corrected chi connectivity index (χ2v) is 13.6. The molecule has 1 fully saturated rings. The van der Waals surface area contributed by atoms with Crippen LogP contribution in [0.25, 0.3) is 11.1 Å². The third-order valence-corrected chi connectivity index (χ3v) is 8.69. The zero-order valence-electron chi connectivity index (χ0n) is 16.6. The van der Waals surface area contributed by atoms with E-state index in [2.05, 4.69) is 70.1 Å². The van der Waals surface area contributed by atoms with Gasteiger partial charge in [0.2, 0.25) is 5.91 Å². The summed E-state index contributed by atoms with van der Waals surface area (Å²) in [4.78, 5) is 26.0. The number of hydrogen-bond donors (Lipinski definition) is 2. The molecule has 3 N–H and O–H groups in total. The Bertz CT molecular complexity index is 958. The quantitative estimate of drug-likeness (QED) is 0.482. The molecule has 2 aromatic rings. The van der Waals surface area contributed by atoms with Gasteiger partial charge >= 0.3 is 0 Å². The maximum atomic E-state index is 12.8. The Balaban J connectivity index is 2.00. The number of nitrogens with one attached hydrogen (secondary N) is 1. The minimum atomic E-state index is -0.575. The van der Waals surface area contributed by atoms with E-state index in [0.29, 0.717) is 17.0 Å². The summed E-state index contributed by atoms with van der Waals surface area (Å²) in [7, 11) is 0. The predicted octanol–water partition coefficient (Wildman–Crippen LogP) is 5.95. The van der Waals surface area contributed by atoms with Crippen LogP contribution in [0.15, 0.2) is 24.3 Å². The number of alkyl halides is 2. The SMILES string of the molecule is Cc1sc(NC(=O)C2(C)CC2(Br)Br)c(C(N)=O)c1-c1ccc(C(C)(C)C)cc1. The van der Waals surface area contributed by atoms with Crippen molar-refractivity contribution in [2.45, 2.75) is 49.7 Å². The summed E-state index contributed by atoms with van der Waals surface area (Å²) >= 11 is 8.42. The Morgan fingerprint density at radius 3 is 2.14 bits per heavy atom. The lowest BCUT2D eigenvalue weighted by Crippen LogP contribution is -2.26. The van der Waals surface area contributed by atoms with Crippen molar-refractivity contribution in [3.8, 4) is 11.1 Å². The van der Waals surface area contributed by atoms with Gasteiger partial charge in [0.1, 0.15) is 5.00 Å². The second-order valence-electron chi connectivity index (χ2n) is 8.60. The molecule has 1 aromatic carbocycles. The fraction of sp³-hybridized carbons (Fsp3) is 0.429. The number of halogens is 2. The topological polar surface area (TPSA) is 72.2 Å². The molecule has 0 bridgehead atoms. The Morgan fingerprint density at radius 2 is 1.71 bits per heavy atom. The smallest absolute Gasteiger partial charge is 0.252 e. The molecule has 3 rings (SSSR count). The van der Waals surface area contributed by atoms with Gasteiger partial charge in [-0.15, -0.1) is 11.3 Å². The third kappa shape index (κ3) is 3.68. The lowest BCUT2D eigenvalue weighted by Gasteiger charge is -2.19. The number of anilines is 1. The van der Waals surface area contributed by atoms with E-state index >= 15 is 0 Å². The fourth-order valence-corrected chi connectivity index (χ4v) is 5.80. The molecule has 1 atom stereocenters. The molecule has 1 aliphatic rings. The summed E-state index contributed by atoms with van der Waals surface area (Å²) in [6.07, 6.45) is 0.670. The van der Waals surface area contributed by atoms with E-state index in [1.165, 1.54) is 16.9 Å². The fourth-order valence-electron chi connectivity index (χ4n) is 3.24. The molecular formula is C21H24Br2N2O2S. The van der Waals surface area contributed by atoms with E-state index in [1.54, 1.807) is 0 Å². The summed E-state index contributed by atoms with van der Waals surface area (Å²) in [5.41, 5.74) is 8.49. The highest BCUT2D eigenvalue weighted by Gasteiger charge is 2.66. The average Bonchev–Trinajstić information content (AvgIpc) is 2.93. The minimum absolute atomic E-state index is 0.0471. The lowest BCUT2D eigenvalue weighted by molar-refractivity contribution is -0.120. The standard InChI is InChI=1S/C21H24Br2N2O2S/c1-11-14(12-6-8-13(9-7-12)19(2,3)4)15(16(24)26)17(28-11)25-18(27)20(5)10-21(20,22)23/h6-9H,10H2,1-5H3,(H2,24,26)(H,25,27). The van der Waals surface area contributed by atoms with E-state index in [9.17, 15) is 9.59 Å². The third-order valence-electron chi connectivity index (χ3n) is 5.36. The Labute approximate surface area is 186 Å². The Hall–Kier alpha value is -1.18. The molecule has 150 valence electrons. The van der Waals surface area contributed by atoms with Crippen molar-refractivity contribution in [3.05, 3.63) is 40.3 Å². The van der Waals surface area contributed by atoms with Crippen LogP contribution in [0.2, 0.25) is 0 Å². The number of carbonyl (C=O) groups is 2. The second kappa shape index (κ2) is 6.96. The van der Waals surface area contributed by atoms with Crippen molar-refractivity contribution in [3.63, 3.8) is 0 Å². The van der Waals surface area contributed by atoms with Gasteiger partial charge in [-0.1, -0.05) is 76.9 Å². The van der Waals surface area contributed by atoms with Crippen molar-refractivity contribution in [2.75, 3.05) is 5.32 Å². The van der Waals surface area contributed by atoms with Crippen LogP contribution in [-0.2, 0) is 10.2 Å². The highest BCUT2D eigenvalue weighted by atomic mass is 79.9. The first-order valence-electron chi connectivity index (χ1n) is 9.01. The zero-order chi connectivity index (χ0) is 21.1. The van der Waals surface area contributed by atoms with Gasteiger partial charge in [0.15, 0.2) is 0 Å². The Kier molecular flexibility index (Phi) is 5.35. The van der Waals surface area contributed by atoms with Crippen LogP contribution in [0.3, 0.4) is 0 Å². The van der Waals surface area contributed by atoms with E-state index in [0.717, 1.165) is 16.0 Å². The molecule has 4 nitrogen and oxygen atoms in total. The first kappa shape index (κ1) is 21.5. The van der Waals surface area contributed by atoms with Gasteiger partial charge in [0.25, 0.3) is 5.91 Å². The van der Waals surface area contributed by atoms with Gasteiger partial charge in [0, 0.05) is 10.4 Å².